The summed E-state index contributed by atoms with van der Waals surface area (Å²) in [4.78, 5) is 37.6. The van der Waals surface area contributed by atoms with Gasteiger partial charge in [0.1, 0.15) is 12.1 Å². The Morgan fingerprint density at radius 1 is 1.09 bits per heavy atom. The largest absolute Gasteiger partial charge is 0.467 e. The highest BCUT2D eigenvalue weighted by Crippen LogP contribution is 2.23. The summed E-state index contributed by atoms with van der Waals surface area (Å²) in [7, 11) is 1.28. The van der Waals surface area contributed by atoms with Gasteiger partial charge in [-0.25, -0.2) is 4.79 Å². The molecule has 0 spiro atoms. The highest BCUT2D eigenvalue weighted by molar-refractivity contribution is 6.31. The SMILES string of the molecule is C=CCC(CCCCC(=O)OCc1ccccc1Cl)(NC(=O)c1ccc(C)cc1)C(=O)OC. The third kappa shape index (κ3) is 7.75. The van der Waals surface area contributed by atoms with Crippen molar-refractivity contribution < 1.29 is 23.9 Å². The Morgan fingerprint density at radius 2 is 1.79 bits per heavy atom. The Balaban J connectivity index is 1.95. The first kappa shape index (κ1) is 26.1. The second kappa shape index (κ2) is 12.8. The fourth-order valence-electron chi connectivity index (χ4n) is 3.43. The number of carbonyl (C=O) groups is 3. The first-order valence-corrected chi connectivity index (χ1v) is 11.2. The molecule has 0 fully saturated rings. The number of hydrogen-bond donors (Lipinski definition) is 1. The Bertz CT molecular complexity index is 973. The highest BCUT2D eigenvalue weighted by atomic mass is 35.5. The molecule has 2 rings (SSSR count). The normalized spacial score (nSPS) is 12.3. The summed E-state index contributed by atoms with van der Waals surface area (Å²) in [5, 5.41) is 3.39. The quantitative estimate of drug-likeness (QED) is 0.262. The van der Waals surface area contributed by atoms with Gasteiger partial charge in [-0.2, -0.15) is 0 Å². The van der Waals surface area contributed by atoms with Gasteiger partial charge in [0.15, 0.2) is 0 Å². The van der Waals surface area contributed by atoms with Gasteiger partial charge in [0.25, 0.3) is 5.91 Å². The van der Waals surface area contributed by atoms with Gasteiger partial charge in [-0.1, -0.05) is 53.6 Å². The second-order valence-electron chi connectivity index (χ2n) is 7.85. The molecule has 2 aromatic rings. The van der Waals surface area contributed by atoms with Crippen LogP contribution in [0, 0.1) is 6.92 Å². The minimum atomic E-state index is -1.26. The number of amides is 1. The predicted molar refractivity (Wildman–Crippen MR) is 128 cm³/mol. The number of nitrogens with one attached hydrogen (secondary N) is 1. The molecular weight excluding hydrogens is 442 g/mol. The van der Waals surface area contributed by atoms with Crippen molar-refractivity contribution in [1.29, 1.82) is 0 Å². The van der Waals surface area contributed by atoms with Crippen molar-refractivity contribution in [2.45, 2.75) is 51.2 Å². The van der Waals surface area contributed by atoms with Crippen LogP contribution < -0.4 is 5.32 Å². The van der Waals surface area contributed by atoms with E-state index in [0.717, 1.165) is 11.1 Å². The Labute approximate surface area is 199 Å². The topological polar surface area (TPSA) is 81.7 Å². The third-order valence-corrected chi connectivity index (χ3v) is 5.69. The summed E-state index contributed by atoms with van der Waals surface area (Å²) >= 11 is 6.07. The highest BCUT2D eigenvalue weighted by Gasteiger charge is 2.39. The third-order valence-electron chi connectivity index (χ3n) is 5.32. The summed E-state index contributed by atoms with van der Waals surface area (Å²) in [6.07, 6.45) is 3.23. The first-order chi connectivity index (χ1) is 15.8. The lowest BCUT2D eigenvalue weighted by Gasteiger charge is -2.31. The average molecular weight is 472 g/mol. The maximum Gasteiger partial charge on any atom is 0.331 e. The van der Waals surface area contributed by atoms with E-state index in [1.807, 2.05) is 31.2 Å². The molecule has 0 radical (unpaired) electrons. The van der Waals surface area contributed by atoms with Crippen molar-refractivity contribution in [3.8, 4) is 0 Å². The van der Waals surface area contributed by atoms with Gasteiger partial charge in [-0.05, 0) is 50.8 Å². The Hall–Kier alpha value is -3.12. The number of ether oxygens (including phenoxy) is 2. The Morgan fingerprint density at radius 3 is 2.42 bits per heavy atom. The van der Waals surface area contributed by atoms with Crippen LogP contribution in [0.15, 0.2) is 61.2 Å². The summed E-state index contributed by atoms with van der Waals surface area (Å²) in [6.45, 7) is 5.76. The second-order valence-corrected chi connectivity index (χ2v) is 8.25. The molecule has 0 aromatic heterocycles. The first-order valence-electron chi connectivity index (χ1n) is 10.8. The monoisotopic (exact) mass is 471 g/mol. The van der Waals surface area contributed by atoms with Crippen LogP contribution in [0.4, 0.5) is 0 Å². The fourth-order valence-corrected chi connectivity index (χ4v) is 3.62. The summed E-state index contributed by atoms with van der Waals surface area (Å²) < 4.78 is 10.3. The molecule has 0 aliphatic carbocycles. The smallest absolute Gasteiger partial charge is 0.331 e. The molecular formula is C26H30ClNO5. The molecule has 2 aromatic carbocycles. The zero-order chi connectivity index (χ0) is 24.3. The van der Waals surface area contributed by atoms with Crippen molar-refractivity contribution in [2.24, 2.45) is 0 Å². The lowest BCUT2D eigenvalue weighted by atomic mass is 9.88. The molecule has 0 aliphatic rings. The molecule has 0 bridgehead atoms. The van der Waals surface area contributed by atoms with E-state index in [4.69, 9.17) is 21.1 Å². The van der Waals surface area contributed by atoms with Gasteiger partial charge >= 0.3 is 11.9 Å². The van der Waals surface area contributed by atoms with E-state index < -0.39 is 11.5 Å². The summed E-state index contributed by atoms with van der Waals surface area (Å²) in [5.41, 5.74) is 0.946. The van der Waals surface area contributed by atoms with Crippen molar-refractivity contribution >= 4 is 29.4 Å². The zero-order valence-electron chi connectivity index (χ0n) is 19.1. The molecule has 33 heavy (non-hydrogen) atoms. The van der Waals surface area contributed by atoms with E-state index in [-0.39, 0.29) is 31.3 Å². The van der Waals surface area contributed by atoms with Gasteiger partial charge < -0.3 is 14.8 Å². The van der Waals surface area contributed by atoms with Gasteiger partial charge in [0.2, 0.25) is 0 Å². The summed E-state index contributed by atoms with van der Waals surface area (Å²) in [5.74, 6) is -1.28. The lowest BCUT2D eigenvalue weighted by molar-refractivity contribution is -0.148. The number of halogens is 1. The van der Waals surface area contributed by atoms with Crippen LogP contribution in [0.3, 0.4) is 0 Å². The molecule has 7 heteroatoms. The molecule has 0 saturated heterocycles. The van der Waals surface area contributed by atoms with Crippen molar-refractivity contribution in [3.05, 3.63) is 82.9 Å². The van der Waals surface area contributed by atoms with E-state index in [0.29, 0.717) is 29.8 Å². The van der Waals surface area contributed by atoms with Crippen LogP contribution in [0.25, 0.3) is 0 Å². The number of benzene rings is 2. The standard InChI is InChI=1S/C26H30ClNO5/c1-4-16-26(25(31)32-3,28-24(30)20-14-12-19(2)13-15-20)17-8-7-11-23(29)33-18-21-9-5-6-10-22(21)27/h4-6,9-10,12-15H,1,7-8,11,16-18H2,2-3H3,(H,28,30). The minimum absolute atomic E-state index is 0.105. The van der Waals surface area contributed by atoms with E-state index in [1.54, 1.807) is 30.3 Å². The average Bonchev–Trinajstić information content (AvgIpc) is 2.81. The number of hydrogen-bond acceptors (Lipinski definition) is 5. The number of carbonyl (C=O) groups excluding carboxylic acids is 3. The molecule has 176 valence electrons. The van der Waals surface area contributed by atoms with Gasteiger partial charge in [0, 0.05) is 22.6 Å². The number of esters is 2. The molecule has 0 saturated carbocycles. The van der Waals surface area contributed by atoms with Gasteiger partial charge in [-0.15, -0.1) is 6.58 Å². The number of methoxy groups -OCH3 is 1. The number of unbranched alkanes of at least 4 members (excludes halogenated alkanes) is 1. The van der Waals surface area contributed by atoms with Crippen LogP contribution in [0.1, 0.15) is 53.6 Å². The molecule has 0 heterocycles. The summed E-state index contributed by atoms with van der Waals surface area (Å²) in [6, 6.07) is 14.2. The van der Waals surface area contributed by atoms with Gasteiger partial charge in [-0.3, -0.25) is 9.59 Å². The van der Waals surface area contributed by atoms with E-state index >= 15 is 0 Å². The van der Waals surface area contributed by atoms with Crippen LogP contribution in [-0.2, 0) is 25.7 Å². The molecule has 1 atom stereocenters. The Kier molecular flexibility index (Phi) is 10.1. The van der Waals surface area contributed by atoms with E-state index in [2.05, 4.69) is 11.9 Å². The van der Waals surface area contributed by atoms with Crippen LogP contribution >= 0.6 is 11.6 Å². The van der Waals surface area contributed by atoms with Crippen LogP contribution in [0.2, 0.25) is 5.02 Å². The lowest BCUT2D eigenvalue weighted by Crippen LogP contribution is -2.54. The van der Waals surface area contributed by atoms with Crippen molar-refractivity contribution in [3.63, 3.8) is 0 Å². The fraction of sp³-hybridized carbons (Fsp3) is 0.346. The predicted octanol–water partition coefficient (Wildman–Crippen LogP) is 5.17. The van der Waals surface area contributed by atoms with Crippen molar-refractivity contribution in [2.75, 3.05) is 7.11 Å². The van der Waals surface area contributed by atoms with Crippen LogP contribution in [0.5, 0.6) is 0 Å². The molecule has 1 N–H and O–H groups in total. The molecule has 0 aliphatic heterocycles. The maximum absolute atomic E-state index is 12.8. The van der Waals surface area contributed by atoms with Gasteiger partial charge in [0.05, 0.1) is 7.11 Å². The van der Waals surface area contributed by atoms with Crippen molar-refractivity contribution in [1.82, 2.24) is 5.32 Å². The van der Waals surface area contributed by atoms with Crippen LogP contribution in [-0.4, -0.2) is 30.5 Å². The maximum atomic E-state index is 12.8. The number of rotatable bonds is 12. The molecule has 1 amide bonds. The molecule has 6 nitrogen and oxygen atoms in total. The van der Waals surface area contributed by atoms with E-state index in [1.165, 1.54) is 7.11 Å². The minimum Gasteiger partial charge on any atom is -0.467 e. The number of aryl methyl sites for hydroxylation is 1. The zero-order valence-corrected chi connectivity index (χ0v) is 19.8. The van der Waals surface area contributed by atoms with E-state index in [9.17, 15) is 14.4 Å². The molecule has 1 unspecified atom stereocenters.